The first-order valence-electron chi connectivity index (χ1n) is 19.1. The van der Waals surface area contributed by atoms with E-state index in [1.807, 2.05) is 11.8 Å². The number of methoxy groups -OCH3 is 1. The number of anilines is 1. The highest BCUT2D eigenvalue weighted by molar-refractivity contribution is 6.04. The number of hydrogen-bond donors (Lipinski definition) is 2. The fourth-order valence-electron chi connectivity index (χ4n) is 8.21. The fourth-order valence-corrected chi connectivity index (χ4v) is 8.21. The summed E-state index contributed by atoms with van der Waals surface area (Å²) >= 11 is 0. The number of terminal acetylenes is 1. The van der Waals surface area contributed by atoms with E-state index in [4.69, 9.17) is 20.9 Å². The Bertz CT molecular complexity index is 2210. The predicted octanol–water partition coefficient (Wildman–Crippen LogP) is 6.39. The number of ketones is 1. The van der Waals surface area contributed by atoms with Crippen molar-refractivity contribution in [2.24, 2.45) is 17.3 Å². The van der Waals surface area contributed by atoms with Crippen LogP contribution in [0.2, 0.25) is 0 Å². The molecule has 4 atom stereocenters. The quantitative estimate of drug-likeness (QED) is 0.147. The molecule has 2 N–H and O–H groups in total. The van der Waals surface area contributed by atoms with Crippen LogP contribution in [0, 0.1) is 52.6 Å². The third-order valence-corrected chi connectivity index (χ3v) is 11.2. The van der Waals surface area contributed by atoms with Gasteiger partial charge in [-0.1, -0.05) is 18.9 Å². The number of nitrogens with zero attached hydrogens (tertiary/aromatic N) is 6. The molecule has 0 bridgehead atoms. The number of rotatable bonds is 13. The molecule has 4 unspecified atom stereocenters. The van der Waals surface area contributed by atoms with Crippen LogP contribution in [0.3, 0.4) is 0 Å². The lowest BCUT2D eigenvalue weighted by atomic mass is 9.95. The molecule has 1 aliphatic carbocycles. The highest BCUT2D eigenvalue weighted by atomic mass is 19.1. The maximum atomic E-state index is 17.3. The largest absolute Gasteiger partial charge is 0.508 e. The summed E-state index contributed by atoms with van der Waals surface area (Å²) in [7, 11) is 1.41. The summed E-state index contributed by atoms with van der Waals surface area (Å²) < 4.78 is 44.6. The lowest BCUT2D eigenvalue weighted by molar-refractivity contribution is -0.119. The van der Waals surface area contributed by atoms with E-state index in [1.165, 1.54) is 37.8 Å². The predicted molar refractivity (Wildman–Crippen MR) is 206 cm³/mol. The summed E-state index contributed by atoms with van der Waals surface area (Å²) in [5.74, 6) is 1.40. The Morgan fingerprint density at radius 1 is 1.16 bits per heavy atom. The number of carbonyl (C=O) groups is 1. The molecule has 0 radical (unpaired) electrons. The van der Waals surface area contributed by atoms with Crippen molar-refractivity contribution in [3.63, 3.8) is 0 Å². The summed E-state index contributed by atoms with van der Waals surface area (Å²) in [4.78, 5) is 31.4. The number of aromatic nitrogens is 3. The Morgan fingerprint density at radius 2 is 1.96 bits per heavy atom. The first kappa shape index (κ1) is 38.2. The lowest BCUT2D eigenvalue weighted by Gasteiger charge is -2.39. The van der Waals surface area contributed by atoms with Gasteiger partial charge in [-0.05, 0) is 75.6 Å². The zero-order valence-electron chi connectivity index (χ0n) is 31.8. The van der Waals surface area contributed by atoms with Crippen LogP contribution in [0.15, 0.2) is 24.3 Å². The summed E-state index contributed by atoms with van der Waals surface area (Å²) in [6, 6.07) is 7.38. The Labute approximate surface area is 320 Å². The smallest absolute Gasteiger partial charge is 0.319 e. The summed E-state index contributed by atoms with van der Waals surface area (Å²) in [5.41, 5.74) is -0.405. The molecule has 4 aromatic rings. The Hall–Kier alpha value is -5.11. The number of ether oxygens (including phenoxy) is 2. The van der Waals surface area contributed by atoms with Crippen LogP contribution in [0.25, 0.3) is 32.9 Å². The van der Waals surface area contributed by atoms with Crippen LogP contribution in [-0.2, 0) is 4.79 Å². The van der Waals surface area contributed by atoms with E-state index < -0.39 is 11.6 Å². The number of nitriles is 1. The average Bonchev–Trinajstić information content (AvgIpc) is 3.81. The zero-order valence-corrected chi connectivity index (χ0v) is 31.8. The van der Waals surface area contributed by atoms with E-state index in [0.717, 1.165) is 32.5 Å². The number of phenols is 1. The maximum Gasteiger partial charge on any atom is 0.319 e. The van der Waals surface area contributed by atoms with Crippen LogP contribution in [0.4, 0.5) is 14.6 Å². The van der Waals surface area contributed by atoms with Crippen LogP contribution >= 0.6 is 0 Å². The van der Waals surface area contributed by atoms with Crippen molar-refractivity contribution in [2.45, 2.75) is 71.4 Å². The van der Waals surface area contributed by atoms with Gasteiger partial charge in [0.2, 0.25) is 5.88 Å². The third kappa shape index (κ3) is 8.00. The van der Waals surface area contributed by atoms with Crippen LogP contribution in [0.1, 0.15) is 64.9 Å². The highest BCUT2D eigenvalue weighted by Gasteiger charge is 2.46. The minimum Gasteiger partial charge on any atom is -0.508 e. The second-order valence-corrected chi connectivity index (χ2v) is 15.9. The molecule has 0 amide bonds. The molecular formula is C42H47F2N7O4. The molecule has 2 saturated heterocycles. The molecule has 3 aliphatic rings. The molecule has 13 heteroatoms. The van der Waals surface area contributed by atoms with E-state index in [2.05, 4.69) is 39.1 Å². The molecule has 11 nitrogen and oxygen atoms in total. The molecule has 7 rings (SSSR count). The Balaban J connectivity index is 1.32. The van der Waals surface area contributed by atoms with Gasteiger partial charge in [0.1, 0.15) is 39.8 Å². The van der Waals surface area contributed by atoms with Crippen molar-refractivity contribution in [2.75, 3.05) is 51.3 Å². The average molecular weight is 752 g/mol. The molecular weight excluding hydrogens is 705 g/mol. The second kappa shape index (κ2) is 15.6. The maximum absolute atomic E-state index is 17.3. The number of pyridine rings is 1. The molecule has 3 fully saturated rings. The first-order chi connectivity index (χ1) is 26.4. The minimum atomic E-state index is -0.840. The normalized spacial score (nSPS) is 21.3. The highest BCUT2D eigenvalue weighted by Crippen LogP contribution is 2.48. The summed E-state index contributed by atoms with van der Waals surface area (Å²) in [6.45, 7) is 10.3. The van der Waals surface area contributed by atoms with Crippen LogP contribution in [-0.4, -0.2) is 89.3 Å². The van der Waals surface area contributed by atoms with Gasteiger partial charge >= 0.3 is 6.01 Å². The first-order valence-corrected chi connectivity index (χ1v) is 19.1. The second-order valence-electron chi connectivity index (χ2n) is 15.9. The molecule has 2 aromatic heterocycles. The number of nitrogens with one attached hydrogen (secondary N) is 1. The van der Waals surface area contributed by atoms with Gasteiger partial charge in [-0.3, -0.25) is 4.79 Å². The number of phenolic OH excluding ortho intramolecular Hbond substituents is 1. The number of hydrogen-bond acceptors (Lipinski definition) is 11. The van der Waals surface area contributed by atoms with Gasteiger partial charge in [-0.25, -0.2) is 13.8 Å². The number of piperazine rings is 1. The Morgan fingerprint density at radius 3 is 2.65 bits per heavy atom. The van der Waals surface area contributed by atoms with Crippen molar-refractivity contribution >= 4 is 33.3 Å². The van der Waals surface area contributed by atoms with Crippen molar-refractivity contribution in [3.8, 4) is 47.3 Å². The number of halogens is 2. The van der Waals surface area contributed by atoms with E-state index in [9.17, 15) is 15.2 Å². The number of benzene rings is 2. The van der Waals surface area contributed by atoms with Gasteiger partial charge < -0.3 is 29.7 Å². The van der Waals surface area contributed by atoms with Gasteiger partial charge in [0, 0.05) is 67.5 Å². The van der Waals surface area contributed by atoms with Crippen molar-refractivity contribution < 1.29 is 28.2 Å². The van der Waals surface area contributed by atoms with Gasteiger partial charge in [0.15, 0.2) is 5.82 Å². The van der Waals surface area contributed by atoms with E-state index >= 15 is 8.78 Å². The minimum absolute atomic E-state index is 0.00111. The molecule has 0 spiro atoms. The molecule has 2 aliphatic heterocycles. The number of likely N-dealkylation sites (tertiary alicyclic amines) is 1. The molecule has 55 heavy (non-hydrogen) atoms. The topological polar surface area (TPSA) is 137 Å². The lowest BCUT2D eigenvalue weighted by Crippen LogP contribution is -2.56. The standard InChI is InChI=1S/C42H47F2N7O4/c1-6-31-33(43)10-7-27-16-30(53)17-32(34(27)31)37-36(44)38-35(40(47-37)54-5)39(51-20-26(4)46-28(21-51)8-9-29(52)15-25(3)18-45)49-41(48-38)55-23-42(12-13-42)22-50-14-11-24(2)19-50/h1,7,10,16-17,24-26,28,46,53H,8-9,11-15,19-23H2,2-5H3. The van der Waals surface area contributed by atoms with Crippen molar-refractivity contribution in [1.82, 2.24) is 25.2 Å². The molecule has 4 heterocycles. The Kier molecular flexibility index (Phi) is 10.8. The number of aromatic hydroxyl groups is 1. The van der Waals surface area contributed by atoms with Crippen LogP contribution in [0.5, 0.6) is 17.6 Å². The van der Waals surface area contributed by atoms with Gasteiger partial charge in [0.25, 0.3) is 0 Å². The van der Waals surface area contributed by atoms with Crippen molar-refractivity contribution in [3.05, 3.63) is 41.5 Å². The summed E-state index contributed by atoms with van der Waals surface area (Å²) in [6.07, 6.45) is 9.99. The van der Waals surface area contributed by atoms with E-state index in [-0.39, 0.29) is 86.4 Å². The van der Waals surface area contributed by atoms with Gasteiger partial charge in [0.05, 0.1) is 31.3 Å². The molecule has 288 valence electrons. The fraction of sp³-hybridized carbons (Fsp3) is 0.500. The van der Waals surface area contributed by atoms with Gasteiger partial charge in [-0.15, -0.1) is 6.42 Å². The SMILES string of the molecule is C#Cc1c(F)ccc2cc(O)cc(-c3nc(OC)c4c(N5CC(C)NC(CCC(=O)CC(C)C#N)C5)nc(OCC5(CN6CCC(C)C6)CC5)nc4c3F)c12. The number of fused-ring (bicyclic) bond motifs is 2. The zero-order chi connectivity index (χ0) is 39.0. The van der Waals surface area contributed by atoms with Crippen molar-refractivity contribution in [1.29, 1.82) is 5.26 Å². The number of Topliss-reactive ketones (excluding diaryl/α,β-unsaturated/α-hetero) is 1. The van der Waals surface area contributed by atoms with Gasteiger partial charge in [-0.2, -0.15) is 15.2 Å². The molecule has 1 saturated carbocycles. The summed E-state index contributed by atoms with van der Waals surface area (Å²) in [5, 5.41) is 24.3. The molecule has 2 aromatic carbocycles. The number of carbonyl (C=O) groups excluding carboxylic acids is 1. The van der Waals surface area contributed by atoms with Crippen LogP contribution < -0.4 is 19.7 Å². The third-order valence-electron chi connectivity index (χ3n) is 11.2. The van der Waals surface area contributed by atoms with E-state index in [0.29, 0.717) is 49.7 Å². The van der Waals surface area contributed by atoms with E-state index in [1.54, 1.807) is 6.92 Å². The monoisotopic (exact) mass is 751 g/mol.